The molecule has 2 aromatic heterocycles. The predicted molar refractivity (Wildman–Crippen MR) is 67.9 cm³/mol. The van der Waals surface area contributed by atoms with Gasteiger partial charge in [0.1, 0.15) is 5.82 Å². The fourth-order valence-corrected chi connectivity index (χ4v) is 1.78. The largest absolute Gasteiger partial charge is 0.461 e. The SMILES string of the molecule is CCCc1nc(-n2cccc2)c(C(=O)OCC)[nH]1. The molecule has 0 saturated carbocycles. The zero-order valence-corrected chi connectivity index (χ0v) is 10.6. The molecule has 0 saturated heterocycles. The maximum absolute atomic E-state index is 11.9. The molecule has 5 nitrogen and oxygen atoms in total. The summed E-state index contributed by atoms with van der Waals surface area (Å²) in [6.07, 6.45) is 5.50. The van der Waals surface area contributed by atoms with Gasteiger partial charge < -0.3 is 14.3 Å². The number of aryl methyl sites for hydroxylation is 1. The molecule has 0 atom stereocenters. The van der Waals surface area contributed by atoms with Crippen molar-refractivity contribution in [3.8, 4) is 5.82 Å². The second-order valence-corrected chi connectivity index (χ2v) is 3.94. The quantitative estimate of drug-likeness (QED) is 0.825. The van der Waals surface area contributed by atoms with Crippen molar-refractivity contribution in [3.63, 3.8) is 0 Å². The zero-order chi connectivity index (χ0) is 13.0. The number of nitrogens with zero attached hydrogens (tertiary/aromatic N) is 2. The van der Waals surface area contributed by atoms with Crippen molar-refractivity contribution in [2.75, 3.05) is 6.61 Å². The molecule has 0 aliphatic rings. The van der Waals surface area contributed by atoms with Gasteiger partial charge in [0.2, 0.25) is 0 Å². The van der Waals surface area contributed by atoms with Crippen LogP contribution in [0.15, 0.2) is 24.5 Å². The molecule has 18 heavy (non-hydrogen) atoms. The molecule has 5 heteroatoms. The number of rotatable bonds is 5. The van der Waals surface area contributed by atoms with Gasteiger partial charge in [-0.3, -0.25) is 0 Å². The molecular weight excluding hydrogens is 230 g/mol. The summed E-state index contributed by atoms with van der Waals surface area (Å²) < 4.78 is 6.84. The van der Waals surface area contributed by atoms with Crippen LogP contribution in [0.1, 0.15) is 36.6 Å². The second-order valence-electron chi connectivity index (χ2n) is 3.94. The molecule has 0 fully saturated rings. The Kier molecular flexibility index (Phi) is 3.82. The van der Waals surface area contributed by atoms with E-state index in [0.717, 1.165) is 18.7 Å². The van der Waals surface area contributed by atoms with Gasteiger partial charge in [-0.2, -0.15) is 0 Å². The van der Waals surface area contributed by atoms with Crippen LogP contribution in [0, 0.1) is 0 Å². The Balaban J connectivity index is 2.39. The number of imidazole rings is 1. The smallest absolute Gasteiger partial charge is 0.358 e. The monoisotopic (exact) mass is 247 g/mol. The molecule has 2 rings (SSSR count). The number of carbonyl (C=O) groups excluding carboxylic acids is 1. The minimum atomic E-state index is -0.365. The summed E-state index contributed by atoms with van der Waals surface area (Å²) >= 11 is 0. The fraction of sp³-hybridized carbons (Fsp3) is 0.385. The fourth-order valence-electron chi connectivity index (χ4n) is 1.78. The van der Waals surface area contributed by atoms with Crippen molar-refractivity contribution >= 4 is 5.97 Å². The summed E-state index contributed by atoms with van der Waals surface area (Å²) in [4.78, 5) is 19.4. The Bertz CT molecular complexity index is 514. The molecule has 0 unspecified atom stereocenters. The van der Waals surface area contributed by atoms with E-state index >= 15 is 0 Å². The van der Waals surface area contributed by atoms with Gasteiger partial charge in [0.05, 0.1) is 6.61 Å². The number of nitrogens with one attached hydrogen (secondary N) is 1. The van der Waals surface area contributed by atoms with Crippen LogP contribution in [-0.4, -0.2) is 27.1 Å². The first kappa shape index (κ1) is 12.4. The summed E-state index contributed by atoms with van der Waals surface area (Å²) in [5, 5.41) is 0. The summed E-state index contributed by atoms with van der Waals surface area (Å²) in [5.74, 6) is 1.04. The molecule has 0 aliphatic heterocycles. The highest BCUT2D eigenvalue weighted by molar-refractivity contribution is 5.90. The minimum Gasteiger partial charge on any atom is -0.461 e. The number of aromatic amines is 1. The van der Waals surface area contributed by atoms with E-state index in [1.807, 2.05) is 29.1 Å². The first-order valence-electron chi connectivity index (χ1n) is 6.15. The van der Waals surface area contributed by atoms with Crippen molar-refractivity contribution in [2.24, 2.45) is 0 Å². The Morgan fingerprint density at radius 1 is 1.39 bits per heavy atom. The lowest BCUT2D eigenvalue weighted by atomic mass is 10.3. The van der Waals surface area contributed by atoms with Crippen molar-refractivity contribution in [3.05, 3.63) is 36.0 Å². The first-order valence-corrected chi connectivity index (χ1v) is 6.15. The van der Waals surface area contributed by atoms with E-state index < -0.39 is 0 Å². The van der Waals surface area contributed by atoms with E-state index in [1.165, 1.54) is 0 Å². The molecule has 0 amide bonds. The molecule has 0 aliphatic carbocycles. The van der Waals surface area contributed by atoms with Crippen LogP contribution in [0.3, 0.4) is 0 Å². The number of aromatic nitrogens is 3. The maximum Gasteiger partial charge on any atom is 0.358 e. The van der Waals surface area contributed by atoms with Gasteiger partial charge in [-0.05, 0) is 25.5 Å². The van der Waals surface area contributed by atoms with E-state index in [2.05, 4.69) is 16.9 Å². The summed E-state index contributed by atoms with van der Waals surface area (Å²) in [6, 6.07) is 3.78. The van der Waals surface area contributed by atoms with Crippen LogP contribution < -0.4 is 0 Å². The topological polar surface area (TPSA) is 59.9 Å². The van der Waals surface area contributed by atoms with Crippen LogP contribution in [0.2, 0.25) is 0 Å². The molecule has 2 aromatic rings. The first-order chi connectivity index (χ1) is 8.76. The Hall–Kier alpha value is -2.04. The van der Waals surface area contributed by atoms with Gasteiger partial charge >= 0.3 is 5.97 Å². The van der Waals surface area contributed by atoms with Crippen molar-refractivity contribution in [2.45, 2.75) is 26.7 Å². The van der Waals surface area contributed by atoms with Crippen molar-refractivity contribution < 1.29 is 9.53 Å². The van der Waals surface area contributed by atoms with Gasteiger partial charge in [0.15, 0.2) is 11.5 Å². The molecule has 96 valence electrons. The second kappa shape index (κ2) is 5.53. The average Bonchev–Trinajstić information content (AvgIpc) is 2.97. The zero-order valence-electron chi connectivity index (χ0n) is 10.6. The molecule has 0 radical (unpaired) electrons. The van der Waals surface area contributed by atoms with E-state index in [9.17, 15) is 4.79 Å². The minimum absolute atomic E-state index is 0.353. The van der Waals surface area contributed by atoms with Crippen LogP contribution in [0.25, 0.3) is 5.82 Å². The molecule has 0 spiro atoms. The molecular formula is C13H17N3O2. The Morgan fingerprint density at radius 3 is 2.72 bits per heavy atom. The third-order valence-electron chi connectivity index (χ3n) is 2.55. The predicted octanol–water partition coefficient (Wildman–Crippen LogP) is 2.33. The summed E-state index contributed by atoms with van der Waals surface area (Å²) in [5.41, 5.74) is 0.413. The molecule has 0 aromatic carbocycles. The molecule has 0 bridgehead atoms. The van der Waals surface area contributed by atoms with Gasteiger partial charge in [0, 0.05) is 18.8 Å². The van der Waals surface area contributed by atoms with E-state index in [4.69, 9.17) is 4.74 Å². The molecule has 1 N–H and O–H groups in total. The number of esters is 1. The van der Waals surface area contributed by atoms with Crippen molar-refractivity contribution in [1.29, 1.82) is 0 Å². The molecule has 2 heterocycles. The summed E-state index contributed by atoms with van der Waals surface area (Å²) in [7, 11) is 0. The number of H-pyrrole nitrogens is 1. The van der Waals surface area contributed by atoms with Gasteiger partial charge in [0.25, 0.3) is 0 Å². The Morgan fingerprint density at radius 2 is 2.11 bits per heavy atom. The van der Waals surface area contributed by atoms with Crippen LogP contribution in [0.5, 0.6) is 0 Å². The third-order valence-corrected chi connectivity index (χ3v) is 2.55. The van der Waals surface area contributed by atoms with E-state index in [1.54, 1.807) is 6.92 Å². The van der Waals surface area contributed by atoms with Crippen LogP contribution >= 0.6 is 0 Å². The third kappa shape index (κ3) is 2.45. The maximum atomic E-state index is 11.9. The highest BCUT2D eigenvalue weighted by Crippen LogP contribution is 2.14. The number of ether oxygens (including phenoxy) is 1. The highest BCUT2D eigenvalue weighted by atomic mass is 16.5. The normalized spacial score (nSPS) is 10.6. The lowest BCUT2D eigenvalue weighted by molar-refractivity contribution is 0.0520. The standard InChI is InChI=1S/C13H17N3O2/c1-3-7-10-14-11(13(17)18-4-2)12(15-10)16-8-5-6-9-16/h5-6,8-9H,3-4,7H2,1-2H3,(H,14,15). The summed E-state index contributed by atoms with van der Waals surface area (Å²) in [6.45, 7) is 4.21. The lowest BCUT2D eigenvalue weighted by Gasteiger charge is -2.02. The number of carbonyl (C=O) groups is 1. The van der Waals surface area contributed by atoms with E-state index in [0.29, 0.717) is 18.1 Å². The van der Waals surface area contributed by atoms with Crippen molar-refractivity contribution in [1.82, 2.24) is 14.5 Å². The van der Waals surface area contributed by atoms with E-state index in [-0.39, 0.29) is 5.97 Å². The lowest BCUT2D eigenvalue weighted by Crippen LogP contribution is -2.09. The van der Waals surface area contributed by atoms with Crippen LogP contribution in [0.4, 0.5) is 0 Å². The van der Waals surface area contributed by atoms with Gasteiger partial charge in [-0.15, -0.1) is 0 Å². The van der Waals surface area contributed by atoms with Gasteiger partial charge in [-0.1, -0.05) is 6.92 Å². The number of hydrogen-bond acceptors (Lipinski definition) is 3. The number of hydrogen-bond donors (Lipinski definition) is 1. The Labute approximate surface area is 106 Å². The average molecular weight is 247 g/mol. The van der Waals surface area contributed by atoms with Crippen LogP contribution in [-0.2, 0) is 11.2 Å². The van der Waals surface area contributed by atoms with Gasteiger partial charge in [-0.25, -0.2) is 9.78 Å². The highest BCUT2D eigenvalue weighted by Gasteiger charge is 2.19.